The number of amides is 8. The van der Waals surface area contributed by atoms with Gasteiger partial charge < -0.3 is 92.5 Å². The number of guanidine groups is 1. The molecule has 0 bridgehead atoms. The van der Waals surface area contributed by atoms with Crippen LogP contribution in [0, 0.1) is 5.92 Å². The van der Waals surface area contributed by atoms with Crippen molar-refractivity contribution in [2.24, 2.45) is 22.4 Å². The molecule has 4 aliphatic heterocycles. The molecule has 83 heavy (non-hydrogen) atoms. The third-order valence-electron chi connectivity index (χ3n) is 15.2. The second-order valence-electron chi connectivity index (χ2n) is 21.9. The van der Waals surface area contributed by atoms with E-state index in [2.05, 4.69) is 54.9 Å². The van der Waals surface area contributed by atoms with E-state index in [-0.39, 0.29) is 64.1 Å². The molecule has 4 saturated heterocycles. The van der Waals surface area contributed by atoms with Crippen molar-refractivity contribution in [2.75, 3.05) is 47.0 Å². The van der Waals surface area contributed by atoms with Gasteiger partial charge in [0.15, 0.2) is 24.2 Å². The normalized spacial score (nSPS) is 27.7. The zero-order valence-corrected chi connectivity index (χ0v) is 48.0. The number of nitrogens with zero attached hydrogens (tertiary/aromatic N) is 4. The van der Waals surface area contributed by atoms with Gasteiger partial charge in [-0.3, -0.25) is 43.3 Å². The van der Waals surface area contributed by atoms with Crippen LogP contribution in [0.4, 0.5) is 0 Å². The number of ether oxygens (including phenoxy) is 3. The number of aliphatic hydroxyl groups is 5. The standard InChI is InChI=1S/C53H87N11O19/c1-28(2)16-11-9-7-6-8-10-12-17-30-26-36(68)59-37(29(3)66)49(77)63-24-15-20-34(63)48(76)62-23-14-19-33(62)44(72)57-31(18-13-22-56-53(54)55)43(71)60-38(41(69)51(79)81-4)45(73)58-32(27-65)47(75)64-25-21-35(67)40(64)46(74)61-39(50(78)83-30)42(70)52(80)82-5/h28-35,37-42,65-67,69-70H,6-27H2,1-5H3,(H,57,72)(H,58,73)(H,59,68)(H,60,71)(H,61,74)(H4,54,55,56)/t29-,30?,31?,32+,33+,34+,35?,37?,38+,39+,40+,41?,42?/m1/s1. The summed E-state index contributed by atoms with van der Waals surface area (Å²) in [5.41, 5.74) is 11.0. The molecule has 0 spiro atoms. The monoisotopic (exact) mass is 1180 g/mol. The molecule has 6 unspecified atom stereocenters. The van der Waals surface area contributed by atoms with Crippen molar-refractivity contribution >= 4 is 71.1 Å². The lowest BCUT2D eigenvalue weighted by atomic mass is 10.0. The maximum atomic E-state index is 14.5. The molecule has 8 amide bonds. The van der Waals surface area contributed by atoms with Crippen LogP contribution < -0.4 is 38.1 Å². The third-order valence-corrected chi connectivity index (χ3v) is 15.2. The fourth-order valence-electron chi connectivity index (χ4n) is 10.6. The van der Waals surface area contributed by atoms with E-state index in [0.29, 0.717) is 36.5 Å². The quantitative estimate of drug-likeness (QED) is 0.0179. The van der Waals surface area contributed by atoms with Crippen molar-refractivity contribution in [2.45, 2.75) is 209 Å². The number of nitrogens with one attached hydrogen (secondary N) is 5. The highest BCUT2D eigenvalue weighted by Gasteiger charge is 2.49. The molecule has 468 valence electrons. The van der Waals surface area contributed by atoms with Crippen LogP contribution in [0.2, 0.25) is 0 Å². The van der Waals surface area contributed by atoms with Gasteiger partial charge in [-0.15, -0.1) is 0 Å². The maximum Gasteiger partial charge on any atom is 0.337 e. The van der Waals surface area contributed by atoms with E-state index < -0.39 is 164 Å². The van der Waals surface area contributed by atoms with Crippen LogP contribution in [0.1, 0.15) is 130 Å². The number of nitrogens with two attached hydrogens (primary N) is 2. The molecule has 4 rings (SSSR count). The first-order chi connectivity index (χ1) is 39.4. The molecule has 0 saturated carbocycles. The predicted octanol–water partition coefficient (Wildman–Crippen LogP) is -4.67. The lowest BCUT2D eigenvalue weighted by Gasteiger charge is -2.34. The molecule has 30 nitrogen and oxygen atoms in total. The molecule has 0 aromatic heterocycles. The van der Waals surface area contributed by atoms with E-state index in [1.165, 1.54) is 16.7 Å². The third kappa shape index (κ3) is 19.7. The van der Waals surface area contributed by atoms with E-state index in [9.17, 15) is 78.3 Å². The van der Waals surface area contributed by atoms with Gasteiger partial charge in [0.25, 0.3) is 0 Å². The average Bonchev–Trinajstić information content (AvgIpc) is 4.33. The van der Waals surface area contributed by atoms with Crippen molar-refractivity contribution < 1.29 is 92.5 Å². The van der Waals surface area contributed by atoms with Gasteiger partial charge >= 0.3 is 17.9 Å². The lowest BCUT2D eigenvalue weighted by Crippen LogP contribution is -2.64. The SMILES string of the molecule is COC(=O)C(O)[C@@H]1NC(=O)C(CCCN=C(N)N)NC(=O)[C@@H]2CCCN2C(=O)[C@@H]2CCCN2C(=O)C([C@@H](C)O)NC(=O)CC(CCCCCCCCCC(C)C)OC(=O)[C@H](C(O)C(=O)OC)NC(=O)[C@@H]2C(O)CCN2C(=O)[C@H](CO)NC1=O. The minimum Gasteiger partial charge on any atom is -0.467 e. The smallest absolute Gasteiger partial charge is 0.337 e. The number of carbonyl (C=O) groups is 11. The van der Waals surface area contributed by atoms with Gasteiger partial charge in [0.1, 0.15) is 48.4 Å². The molecule has 4 aliphatic rings. The maximum absolute atomic E-state index is 14.5. The minimum atomic E-state index is -2.52. The lowest BCUT2D eigenvalue weighted by molar-refractivity contribution is -0.166. The van der Waals surface area contributed by atoms with Crippen LogP contribution in [0.15, 0.2) is 4.99 Å². The number of methoxy groups -OCH3 is 2. The first-order valence-corrected chi connectivity index (χ1v) is 28.5. The first kappa shape index (κ1) is 68.7. The van der Waals surface area contributed by atoms with Crippen molar-refractivity contribution in [3.8, 4) is 0 Å². The number of aliphatic imine (C=N–C) groups is 1. The topological polar surface area (TPSA) is 451 Å². The van der Waals surface area contributed by atoms with Crippen LogP contribution in [0.25, 0.3) is 0 Å². The summed E-state index contributed by atoms with van der Waals surface area (Å²) < 4.78 is 15.1. The molecule has 30 heteroatoms. The Bertz CT molecular complexity index is 2300. The molecule has 0 aliphatic carbocycles. The van der Waals surface area contributed by atoms with E-state index in [0.717, 1.165) is 52.7 Å². The molecule has 14 N–H and O–H groups in total. The summed E-state index contributed by atoms with van der Waals surface area (Å²) in [7, 11) is 1.71. The Labute approximate surface area is 481 Å². The van der Waals surface area contributed by atoms with Gasteiger partial charge in [-0.25, -0.2) is 14.4 Å². The minimum absolute atomic E-state index is 0.000141. The fourth-order valence-corrected chi connectivity index (χ4v) is 10.6. The molecule has 4 heterocycles. The molecule has 0 aromatic rings. The summed E-state index contributed by atoms with van der Waals surface area (Å²) in [6.45, 7) is 3.80. The van der Waals surface area contributed by atoms with Crippen molar-refractivity contribution in [1.82, 2.24) is 41.3 Å². The summed E-state index contributed by atoms with van der Waals surface area (Å²) in [4.78, 5) is 161. The van der Waals surface area contributed by atoms with Crippen LogP contribution >= 0.6 is 0 Å². The largest absolute Gasteiger partial charge is 0.467 e. The summed E-state index contributed by atoms with van der Waals surface area (Å²) in [5.74, 6) is -12.8. The summed E-state index contributed by atoms with van der Waals surface area (Å²) >= 11 is 0. The Balaban J connectivity index is 1.80. The Morgan fingerprint density at radius 1 is 0.627 bits per heavy atom. The van der Waals surface area contributed by atoms with Crippen molar-refractivity contribution in [3.05, 3.63) is 0 Å². The number of aliphatic hydroxyl groups excluding tert-OH is 5. The summed E-state index contributed by atoms with van der Waals surface area (Å²) in [6, 6.07) is -14.4. The number of hydrogen-bond acceptors (Lipinski definition) is 20. The van der Waals surface area contributed by atoms with E-state index in [4.69, 9.17) is 16.2 Å². The Morgan fingerprint density at radius 2 is 1.19 bits per heavy atom. The highest BCUT2D eigenvalue weighted by molar-refractivity contribution is 6.00. The Hall–Kier alpha value is -6.76. The van der Waals surface area contributed by atoms with Gasteiger partial charge in [0.05, 0.1) is 39.5 Å². The molecular weight excluding hydrogens is 1090 g/mol. The Kier molecular flexibility index (Phi) is 27.8. The highest BCUT2D eigenvalue weighted by Crippen LogP contribution is 2.27. The second-order valence-corrected chi connectivity index (χ2v) is 21.9. The zero-order chi connectivity index (χ0) is 61.7. The Morgan fingerprint density at radius 3 is 1.78 bits per heavy atom. The summed E-state index contributed by atoms with van der Waals surface area (Å²) in [5, 5.41) is 66.5. The number of unbranched alkanes of at least 4 members (excludes halogenated alkanes) is 6. The van der Waals surface area contributed by atoms with E-state index >= 15 is 0 Å². The number of hydrogen-bond donors (Lipinski definition) is 12. The van der Waals surface area contributed by atoms with Crippen LogP contribution in [-0.4, -0.2) is 237 Å². The number of rotatable bonds is 20. The van der Waals surface area contributed by atoms with Crippen LogP contribution in [0.5, 0.6) is 0 Å². The van der Waals surface area contributed by atoms with Crippen molar-refractivity contribution in [1.29, 1.82) is 0 Å². The molecule has 4 fully saturated rings. The van der Waals surface area contributed by atoms with Gasteiger partial charge in [-0.2, -0.15) is 0 Å². The molecular formula is C53H87N11O19. The number of fused-ring (bicyclic) bond motifs is 3. The second kappa shape index (κ2) is 33.5. The highest BCUT2D eigenvalue weighted by atomic mass is 16.6. The fraction of sp³-hybridized carbons (Fsp3) is 0.774. The average molecular weight is 1180 g/mol. The first-order valence-electron chi connectivity index (χ1n) is 28.5. The van der Waals surface area contributed by atoms with E-state index in [1.54, 1.807) is 0 Å². The van der Waals surface area contributed by atoms with Crippen LogP contribution in [-0.2, 0) is 67.0 Å². The van der Waals surface area contributed by atoms with Gasteiger partial charge in [0.2, 0.25) is 47.3 Å². The predicted molar refractivity (Wildman–Crippen MR) is 291 cm³/mol. The molecule has 0 radical (unpaired) electrons. The van der Waals surface area contributed by atoms with E-state index in [1.807, 2.05) is 0 Å². The number of carbonyl (C=O) groups excluding carboxylic acids is 11. The summed E-state index contributed by atoms with van der Waals surface area (Å²) in [6.07, 6.45) is -3.28. The zero-order valence-electron chi connectivity index (χ0n) is 48.0. The number of cyclic esters (lactones) is 1. The van der Waals surface area contributed by atoms with Gasteiger partial charge in [-0.05, 0) is 70.6 Å². The molecule has 0 aromatic carbocycles. The van der Waals surface area contributed by atoms with Gasteiger partial charge in [0, 0.05) is 26.2 Å². The van der Waals surface area contributed by atoms with Crippen molar-refractivity contribution in [3.63, 3.8) is 0 Å². The van der Waals surface area contributed by atoms with Gasteiger partial charge in [-0.1, -0.05) is 58.8 Å². The molecule has 13 atom stereocenters. The van der Waals surface area contributed by atoms with Crippen LogP contribution in [0.3, 0.4) is 0 Å². The number of esters is 3.